The van der Waals surface area contributed by atoms with Gasteiger partial charge in [-0.15, -0.1) is 0 Å². The van der Waals surface area contributed by atoms with Gasteiger partial charge in [-0.25, -0.2) is 4.99 Å². The van der Waals surface area contributed by atoms with Crippen molar-refractivity contribution >= 4 is 46.4 Å². The van der Waals surface area contributed by atoms with Crippen LogP contribution in [0.4, 0.5) is 5.69 Å². The number of hydrogen-bond donors (Lipinski definition) is 0. The van der Waals surface area contributed by atoms with E-state index in [-0.39, 0.29) is 29.3 Å². The molecule has 0 saturated carbocycles. The Labute approximate surface area is 200 Å². The number of thioether (sulfide) groups is 1. The topological polar surface area (TPSA) is 79.3 Å². The first-order valence-corrected chi connectivity index (χ1v) is 11.5. The lowest BCUT2D eigenvalue weighted by atomic mass is 10.1. The van der Waals surface area contributed by atoms with Gasteiger partial charge in [-0.2, -0.15) is 0 Å². The first-order valence-electron chi connectivity index (χ1n) is 10.5. The van der Waals surface area contributed by atoms with Gasteiger partial charge in [0.2, 0.25) is 0 Å². The van der Waals surface area contributed by atoms with Crippen LogP contribution in [0.3, 0.4) is 0 Å². The number of imide groups is 1. The zero-order valence-corrected chi connectivity index (χ0v) is 19.0. The van der Waals surface area contributed by atoms with Gasteiger partial charge in [-0.05, 0) is 36.4 Å². The molecular weight excluding hydrogens is 450 g/mol. The minimum Gasteiger partial charge on any atom is -0.496 e. The lowest BCUT2D eigenvalue weighted by Gasteiger charge is -2.19. The summed E-state index contributed by atoms with van der Waals surface area (Å²) in [5, 5.41) is 0.383. The molecule has 0 saturated heterocycles. The molecule has 2 heterocycles. The minimum atomic E-state index is -0.353. The smallest absolute Gasteiger partial charge is 0.283 e. The van der Waals surface area contributed by atoms with E-state index in [9.17, 15) is 14.4 Å². The van der Waals surface area contributed by atoms with Gasteiger partial charge in [0.05, 0.1) is 29.8 Å². The number of hydrogen-bond acceptors (Lipinski definition) is 6. The Bertz CT molecular complexity index is 1330. The molecule has 168 valence electrons. The van der Waals surface area contributed by atoms with Crippen LogP contribution in [-0.4, -0.2) is 40.8 Å². The van der Waals surface area contributed by atoms with Crippen LogP contribution in [0.15, 0.2) is 89.6 Å². The number of anilines is 1. The first kappa shape index (κ1) is 21.7. The number of aliphatic imine (C=N–C) groups is 1. The predicted octanol–water partition coefficient (Wildman–Crippen LogP) is 4.43. The Hall–Kier alpha value is -4.17. The summed E-state index contributed by atoms with van der Waals surface area (Å²) in [6, 6.07) is 23.2. The second-order valence-corrected chi connectivity index (χ2v) is 8.41. The van der Waals surface area contributed by atoms with E-state index in [1.165, 1.54) is 9.80 Å². The summed E-state index contributed by atoms with van der Waals surface area (Å²) in [6.45, 7) is 0. The minimum absolute atomic E-state index is 0.0315. The molecule has 0 spiro atoms. The quantitative estimate of drug-likeness (QED) is 0.408. The van der Waals surface area contributed by atoms with E-state index in [1.54, 1.807) is 37.5 Å². The molecule has 0 N–H and O–H groups in total. The average molecular weight is 470 g/mol. The van der Waals surface area contributed by atoms with E-state index < -0.39 is 0 Å². The Morgan fingerprint density at radius 2 is 1.44 bits per heavy atom. The number of amidine groups is 1. The molecule has 3 aromatic carbocycles. The van der Waals surface area contributed by atoms with Crippen molar-refractivity contribution in [1.82, 2.24) is 4.90 Å². The highest BCUT2D eigenvalue weighted by molar-refractivity contribution is 8.14. The van der Waals surface area contributed by atoms with Crippen LogP contribution in [0.2, 0.25) is 0 Å². The molecule has 8 heteroatoms. The fourth-order valence-electron chi connectivity index (χ4n) is 3.81. The Morgan fingerprint density at radius 1 is 0.824 bits per heavy atom. The molecule has 0 aliphatic carbocycles. The molecule has 0 bridgehead atoms. The largest absolute Gasteiger partial charge is 0.496 e. The van der Waals surface area contributed by atoms with Crippen LogP contribution in [-0.2, 0) is 4.79 Å². The first-order chi connectivity index (χ1) is 16.6. The van der Waals surface area contributed by atoms with Crippen molar-refractivity contribution in [2.24, 2.45) is 4.99 Å². The predicted molar refractivity (Wildman–Crippen MR) is 132 cm³/mol. The molecule has 0 aromatic heterocycles. The van der Waals surface area contributed by atoms with Crippen molar-refractivity contribution in [3.8, 4) is 5.75 Å². The third-order valence-electron chi connectivity index (χ3n) is 5.48. The summed E-state index contributed by atoms with van der Waals surface area (Å²) in [7, 11) is 1.57. The number of carbonyl (C=O) groups is 3. The van der Waals surface area contributed by atoms with Gasteiger partial charge in [0, 0.05) is 5.56 Å². The van der Waals surface area contributed by atoms with Crippen molar-refractivity contribution in [3.63, 3.8) is 0 Å². The maximum atomic E-state index is 13.4. The highest BCUT2D eigenvalue weighted by Gasteiger charge is 2.37. The molecular formula is C26H19N3O4S. The standard InChI is InChI=1S/C26H19N3O4S/c1-33-22-14-8-5-9-17(22)15-21-25(32)29(18-10-3-2-4-11-18)26(27-21)34-16-28-23(30)19-12-6-7-13-20(19)24(28)31/h2-15H,16H2,1H3/b21-15+. The average Bonchev–Trinajstić information content (AvgIpc) is 3.31. The highest BCUT2D eigenvalue weighted by Crippen LogP contribution is 2.32. The summed E-state index contributed by atoms with van der Waals surface area (Å²) < 4.78 is 5.39. The second-order valence-electron chi connectivity index (χ2n) is 7.50. The number of nitrogens with zero attached hydrogens (tertiary/aromatic N) is 3. The van der Waals surface area contributed by atoms with Crippen molar-refractivity contribution in [2.75, 3.05) is 17.9 Å². The van der Waals surface area contributed by atoms with Gasteiger partial charge >= 0.3 is 0 Å². The summed E-state index contributed by atoms with van der Waals surface area (Å²) >= 11 is 1.16. The fourth-order valence-corrected chi connectivity index (χ4v) is 4.77. The fraction of sp³-hybridized carbons (Fsp3) is 0.0769. The summed E-state index contributed by atoms with van der Waals surface area (Å²) in [6.07, 6.45) is 1.67. The van der Waals surface area contributed by atoms with Crippen molar-refractivity contribution < 1.29 is 19.1 Å². The van der Waals surface area contributed by atoms with Crippen LogP contribution in [0.25, 0.3) is 6.08 Å². The maximum absolute atomic E-state index is 13.4. The third kappa shape index (κ3) is 3.78. The Kier molecular flexibility index (Phi) is 5.73. The van der Waals surface area contributed by atoms with E-state index in [4.69, 9.17) is 4.74 Å². The Balaban J connectivity index is 1.46. The molecule has 0 unspecified atom stereocenters. The van der Waals surface area contributed by atoms with Gasteiger partial charge < -0.3 is 4.74 Å². The zero-order chi connectivity index (χ0) is 23.7. The van der Waals surface area contributed by atoms with Crippen LogP contribution < -0.4 is 9.64 Å². The van der Waals surface area contributed by atoms with Crippen molar-refractivity contribution in [1.29, 1.82) is 0 Å². The summed E-state index contributed by atoms with van der Waals surface area (Å²) in [5.74, 6) is -0.356. The van der Waals surface area contributed by atoms with E-state index in [1.807, 2.05) is 54.6 Å². The molecule has 0 atom stereocenters. The molecule has 0 fully saturated rings. The molecule has 5 rings (SSSR count). The van der Waals surface area contributed by atoms with E-state index in [2.05, 4.69) is 4.99 Å². The van der Waals surface area contributed by atoms with Crippen molar-refractivity contribution in [3.05, 3.63) is 101 Å². The lowest BCUT2D eigenvalue weighted by Crippen LogP contribution is -2.34. The highest BCUT2D eigenvalue weighted by atomic mass is 32.2. The van der Waals surface area contributed by atoms with Crippen LogP contribution in [0.5, 0.6) is 5.75 Å². The molecule has 34 heavy (non-hydrogen) atoms. The van der Waals surface area contributed by atoms with Gasteiger partial charge in [0.15, 0.2) is 5.17 Å². The van der Waals surface area contributed by atoms with Crippen LogP contribution >= 0.6 is 11.8 Å². The SMILES string of the molecule is COc1ccccc1/C=C1/N=C(SCN2C(=O)c3ccccc3C2=O)N(c2ccccc2)C1=O. The second kappa shape index (κ2) is 8.99. The summed E-state index contributed by atoms with van der Waals surface area (Å²) in [5.41, 5.74) is 2.36. The van der Waals surface area contributed by atoms with Gasteiger partial charge in [0.25, 0.3) is 17.7 Å². The number of fused-ring (bicyclic) bond motifs is 1. The number of carbonyl (C=O) groups excluding carboxylic acids is 3. The van der Waals surface area contributed by atoms with E-state index in [0.29, 0.717) is 27.7 Å². The molecule has 7 nitrogen and oxygen atoms in total. The normalized spacial score (nSPS) is 16.3. The van der Waals surface area contributed by atoms with E-state index in [0.717, 1.165) is 17.3 Å². The Morgan fingerprint density at radius 3 is 2.12 bits per heavy atom. The molecule has 3 aromatic rings. The van der Waals surface area contributed by atoms with Gasteiger partial charge in [-0.1, -0.05) is 60.3 Å². The monoisotopic (exact) mass is 469 g/mol. The zero-order valence-electron chi connectivity index (χ0n) is 18.2. The van der Waals surface area contributed by atoms with E-state index >= 15 is 0 Å². The molecule has 3 amide bonds. The van der Waals surface area contributed by atoms with Crippen LogP contribution in [0.1, 0.15) is 26.3 Å². The molecule has 2 aliphatic rings. The maximum Gasteiger partial charge on any atom is 0.283 e. The number of amides is 3. The van der Waals surface area contributed by atoms with Crippen LogP contribution in [0, 0.1) is 0 Å². The van der Waals surface area contributed by atoms with Crippen molar-refractivity contribution in [2.45, 2.75) is 0 Å². The number of para-hydroxylation sites is 2. The molecule has 2 aliphatic heterocycles. The summed E-state index contributed by atoms with van der Waals surface area (Å²) in [4.78, 5) is 46.1. The number of methoxy groups -OCH3 is 1. The third-order valence-corrected chi connectivity index (χ3v) is 6.40. The number of rotatable bonds is 5. The number of ether oxygens (including phenoxy) is 1. The van der Waals surface area contributed by atoms with Gasteiger partial charge in [-0.3, -0.25) is 24.2 Å². The molecule has 0 radical (unpaired) electrons. The lowest BCUT2D eigenvalue weighted by molar-refractivity contribution is -0.113. The van der Waals surface area contributed by atoms with Gasteiger partial charge in [0.1, 0.15) is 11.4 Å². The number of benzene rings is 3.